The zero-order valence-electron chi connectivity index (χ0n) is 13.9. The van der Waals surface area contributed by atoms with E-state index in [-0.39, 0.29) is 0 Å². The molecule has 2 aromatic carbocycles. The van der Waals surface area contributed by atoms with Gasteiger partial charge in [0, 0.05) is 10.6 Å². The summed E-state index contributed by atoms with van der Waals surface area (Å²) in [6.07, 6.45) is -1.85. The van der Waals surface area contributed by atoms with Gasteiger partial charge in [0.05, 0.1) is 18.8 Å². The summed E-state index contributed by atoms with van der Waals surface area (Å²) < 4.78 is 42.7. The van der Waals surface area contributed by atoms with E-state index in [0.29, 0.717) is 11.3 Å². The summed E-state index contributed by atoms with van der Waals surface area (Å²) in [4.78, 5) is 1.01. The van der Waals surface area contributed by atoms with E-state index >= 15 is 0 Å². The van der Waals surface area contributed by atoms with Crippen LogP contribution in [0, 0.1) is 6.92 Å². The van der Waals surface area contributed by atoms with E-state index in [1.165, 1.54) is 23.9 Å². The topological polar surface area (TPSA) is 29.5 Å². The minimum Gasteiger partial charge on any atom is -0.496 e. The maximum Gasteiger partial charge on any atom is 0.416 e. The van der Waals surface area contributed by atoms with E-state index in [2.05, 4.69) is 0 Å². The highest BCUT2D eigenvalue weighted by atomic mass is 32.2. The molecule has 0 amide bonds. The predicted molar refractivity (Wildman–Crippen MR) is 94.9 cm³/mol. The molecule has 0 spiro atoms. The Balaban J connectivity index is 1.90. The minimum absolute atomic E-state index is 0.447. The van der Waals surface area contributed by atoms with Crippen LogP contribution in [0.25, 0.3) is 6.08 Å². The van der Waals surface area contributed by atoms with Gasteiger partial charge in [0.1, 0.15) is 5.75 Å². The number of halogens is 3. The maximum absolute atomic E-state index is 12.5. The van der Waals surface area contributed by atoms with Crippen LogP contribution in [-0.4, -0.2) is 24.1 Å². The lowest BCUT2D eigenvalue weighted by molar-refractivity contribution is -0.137. The Bertz CT molecular complexity index is 724. The molecule has 0 aliphatic heterocycles. The molecule has 2 nitrogen and oxygen atoms in total. The third kappa shape index (κ3) is 5.83. The van der Waals surface area contributed by atoms with Crippen LogP contribution >= 0.6 is 11.8 Å². The first-order valence-corrected chi connectivity index (χ1v) is 8.59. The van der Waals surface area contributed by atoms with Gasteiger partial charge in [-0.1, -0.05) is 24.3 Å². The molecule has 0 fully saturated rings. The molecule has 1 N–H and O–H groups in total. The van der Waals surface area contributed by atoms with Crippen LogP contribution in [0.3, 0.4) is 0 Å². The summed E-state index contributed by atoms with van der Waals surface area (Å²) in [5.74, 6) is 1.26. The van der Waals surface area contributed by atoms with E-state index < -0.39 is 17.8 Å². The molecule has 0 radical (unpaired) electrons. The molecule has 2 aromatic rings. The lowest BCUT2D eigenvalue weighted by Crippen LogP contribution is -2.05. The van der Waals surface area contributed by atoms with E-state index in [0.717, 1.165) is 28.3 Å². The second-order valence-corrected chi connectivity index (χ2v) is 6.58. The van der Waals surface area contributed by atoms with Crippen LogP contribution in [0.2, 0.25) is 0 Å². The first-order chi connectivity index (χ1) is 11.8. The zero-order valence-corrected chi connectivity index (χ0v) is 14.7. The van der Waals surface area contributed by atoms with Gasteiger partial charge < -0.3 is 9.84 Å². The van der Waals surface area contributed by atoms with Crippen molar-refractivity contribution in [2.75, 3.05) is 12.9 Å². The van der Waals surface area contributed by atoms with Crippen LogP contribution in [-0.2, 0) is 6.18 Å². The Morgan fingerprint density at radius 1 is 1.16 bits per heavy atom. The number of aryl methyl sites for hydroxylation is 1. The standard InChI is InChI=1S/C19H19F3O2S/c1-13-11-17(9-10-18(13)24-2)25-12-16(23)8-5-14-3-6-15(7-4-14)19(20,21)22/h3-11,16,23H,12H2,1-2H3/b8-5+. The molecule has 2 rings (SSSR count). The number of alkyl halides is 3. The third-order valence-electron chi connectivity index (χ3n) is 3.54. The molecule has 0 heterocycles. The van der Waals surface area contributed by atoms with Gasteiger partial charge in [-0.05, 0) is 48.4 Å². The van der Waals surface area contributed by atoms with Crippen molar-refractivity contribution in [3.8, 4) is 5.75 Å². The first-order valence-electron chi connectivity index (χ1n) is 7.60. The normalized spacial score (nSPS) is 13.2. The molecule has 0 aliphatic carbocycles. The summed E-state index contributed by atoms with van der Waals surface area (Å²) in [7, 11) is 1.62. The van der Waals surface area contributed by atoms with Gasteiger partial charge in [0.2, 0.25) is 0 Å². The van der Waals surface area contributed by atoms with E-state index in [1.54, 1.807) is 19.3 Å². The predicted octanol–water partition coefficient (Wildman–Crippen LogP) is 5.19. The Kier molecular flexibility index (Phi) is 6.56. The molecule has 6 heteroatoms. The van der Waals surface area contributed by atoms with Gasteiger partial charge in [-0.3, -0.25) is 0 Å². The Morgan fingerprint density at radius 3 is 2.40 bits per heavy atom. The van der Waals surface area contributed by atoms with Crippen LogP contribution < -0.4 is 4.74 Å². The van der Waals surface area contributed by atoms with Crippen molar-refractivity contribution in [3.63, 3.8) is 0 Å². The van der Waals surface area contributed by atoms with Gasteiger partial charge in [-0.15, -0.1) is 11.8 Å². The summed E-state index contributed by atoms with van der Waals surface area (Å²) in [5.41, 5.74) is 0.940. The monoisotopic (exact) mass is 368 g/mol. The average Bonchev–Trinajstić information content (AvgIpc) is 2.58. The number of hydrogen-bond donors (Lipinski definition) is 1. The lowest BCUT2D eigenvalue weighted by Gasteiger charge is -2.09. The maximum atomic E-state index is 12.5. The third-order valence-corrected chi connectivity index (χ3v) is 4.63. The zero-order chi connectivity index (χ0) is 18.4. The highest BCUT2D eigenvalue weighted by molar-refractivity contribution is 7.99. The highest BCUT2D eigenvalue weighted by Gasteiger charge is 2.29. The molecular weight excluding hydrogens is 349 g/mol. The van der Waals surface area contributed by atoms with Crippen molar-refractivity contribution in [2.45, 2.75) is 24.1 Å². The quantitative estimate of drug-likeness (QED) is 0.712. The van der Waals surface area contributed by atoms with Crippen molar-refractivity contribution in [1.29, 1.82) is 0 Å². The summed E-state index contributed by atoms with van der Waals surface area (Å²) in [5, 5.41) is 10.0. The summed E-state index contributed by atoms with van der Waals surface area (Å²) >= 11 is 1.50. The molecule has 134 valence electrons. The number of benzene rings is 2. The fraction of sp³-hybridized carbons (Fsp3) is 0.263. The largest absolute Gasteiger partial charge is 0.496 e. The fourth-order valence-corrected chi connectivity index (χ4v) is 3.08. The molecule has 25 heavy (non-hydrogen) atoms. The summed E-state index contributed by atoms with van der Waals surface area (Å²) in [6.45, 7) is 1.95. The number of rotatable bonds is 6. The van der Waals surface area contributed by atoms with Crippen molar-refractivity contribution in [1.82, 2.24) is 0 Å². The summed E-state index contributed by atoms with van der Waals surface area (Å²) in [6, 6.07) is 10.6. The molecule has 0 bridgehead atoms. The molecule has 1 atom stereocenters. The average molecular weight is 368 g/mol. The second kappa shape index (κ2) is 8.45. The highest BCUT2D eigenvalue weighted by Crippen LogP contribution is 2.29. The molecular formula is C19H19F3O2S. The number of aliphatic hydroxyl groups is 1. The van der Waals surface area contributed by atoms with Crippen molar-refractivity contribution < 1.29 is 23.0 Å². The van der Waals surface area contributed by atoms with Crippen molar-refractivity contribution in [3.05, 3.63) is 65.2 Å². The Morgan fingerprint density at radius 2 is 1.84 bits per heavy atom. The van der Waals surface area contributed by atoms with Crippen molar-refractivity contribution >= 4 is 17.8 Å². The number of hydrogen-bond acceptors (Lipinski definition) is 3. The Labute approximate surface area is 149 Å². The van der Waals surface area contributed by atoms with Gasteiger partial charge in [-0.2, -0.15) is 13.2 Å². The number of ether oxygens (including phenoxy) is 1. The van der Waals surface area contributed by atoms with Gasteiger partial charge in [0.15, 0.2) is 0 Å². The Hall–Kier alpha value is -1.92. The van der Waals surface area contributed by atoms with E-state index in [4.69, 9.17) is 4.74 Å². The molecule has 0 saturated heterocycles. The second-order valence-electron chi connectivity index (χ2n) is 5.49. The number of methoxy groups -OCH3 is 1. The van der Waals surface area contributed by atoms with Crippen LogP contribution in [0.5, 0.6) is 5.75 Å². The van der Waals surface area contributed by atoms with Gasteiger partial charge >= 0.3 is 6.18 Å². The van der Waals surface area contributed by atoms with E-state index in [1.807, 2.05) is 25.1 Å². The minimum atomic E-state index is -4.34. The van der Waals surface area contributed by atoms with E-state index in [9.17, 15) is 18.3 Å². The number of aliphatic hydroxyl groups excluding tert-OH is 1. The molecule has 0 saturated carbocycles. The molecule has 0 aromatic heterocycles. The fourth-order valence-electron chi connectivity index (χ4n) is 2.18. The first kappa shape index (κ1) is 19.4. The molecule has 1 unspecified atom stereocenters. The van der Waals surface area contributed by atoms with Crippen LogP contribution in [0.1, 0.15) is 16.7 Å². The molecule has 0 aliphatic rings. The van der Waals surface area contributed by atoms with Crippen LogP contribution in [0.4, 0.5) is 13.2 Å². The smallest absolute Gasteiger partial charge is 0.416 e. The van der Waals surface area contributed by atoms with Crippen molar-refractivity contribution in [2.24, 2.45) is 0 Å². The lowest BCUT2D eigenvalue weighted by atomic mass is 10.1. The van der Waals surface area contributed by atoms with Gasteiger partial charge in [0.25, 0.3) is 0 Å². The number of thioether (sulfide) groups is 1. The van der Waals surface area contributed by atoms with Gasteiger partial charge in [-0.25, -0.2) is 0 Å². The SMILES string of the molecule is COc1ccc(SCC(O)/C=C/c2ccc(C(F)(F)F)cc2)cc1C. The van der Waals surface area contributed by atoms with Crippen LogP contribution in [0.15, 0.2) is 53.4 Å².